The Kier molecular flexibility index (Phi) is 3.81. The van der Waals surface area contributed by atoms with Crippen LogP contribution in [0.2, 0.25) is 0 Å². The topological polar surface area (TPSA) is 29.5 Å². The van der Waals surface area contributed by atoms with Gasteiger partial charge in [-0.2, -0.15) is 0 Å². The molecular weight excluding hydrogens is 250 g/mol. The van der Waals surface area contributed by atoms with Crippen LogP contribution in [0.3, 0.4) is 0 Å². The Morgan fingerprint density at radius 2 is 1.74 bits per heavy atom. The SMILES string of the molecule is CC(O)(COc1ccc(F)c(F)c1)c1ccccc1. The van der Waals surface area contributed by atoms with Gasteiger partial charge in [0.25, 0.3) is 0 Å². The highest BCUT2D eigenvalue weighted by atomic mass is 19.2. The van der Waals surface area contributed by atoms with Gasteiger partial charge >= 0.3 is 0 Å². The molecule has 2 aromatic carbocycles. The van der Waals surface area contributed by atoms with Crippen molar-refractivity contribution in [3.05, 3.63) is 65.7 Å². The molecule has 100 valence electrons. The van der Waals surface area contributed by atoms with E-state index in [0.29, 0.717) is 5.56 Å². The van der Waals surface area contributed by atoms with E-state index >= 15 is 0 Å². The first-order valence-electron chi connectivity index (χ1n) is 5.85. The van der Waals surface area contributed by atoms with Crippen LogP contribution in [0.5, 0.6) is 5.75 Å². The van der Waals surface area contributed by atoms with Gasteiger partial charge in [-0.1, -0.05) is 30.3 Å². The molecule has 0 saturated heterocycles. The molecule has 0 radical (unpaired) electrons. The van der Waals surface area contributed by atoms with E-state index in [1.165, 1.54) is 6.07 Å². The fourth-order valence-corrected chi connectivity index (χ4v) is 1.67. The van der Waals surface area contributed by atoms with Crippen molar-refractivity contribution in [1.29, 1.82) is 0 Å². The summed E-state index contributed by atoms with van der Waals surface area (Å²) in [5.74, 6) is -1.73. The quantitative estimate of drug-likeness (QED) is 0.918. The lowest BCUT2D eigenvalue weighted by atomic mass is 9.97. The first kappa shape index (κ1) is 13.5. The van der Waals surface area contributed by atoms with Crippen molar-refractivity contribution in [1.82, 2.24) is 0 Å². The largest absolute Gasteiger partial charge is 0.490 e. The van der Waals surface area contributed by atoms with E-state index in [9.17, 15) is 13.9 Å². The van der Waals surface area contributed by atoms with Crippen molar-refractivity contribution in [2.24, 2.45) is 0 Å². The molecule has 2 nitrogen and oxygen atoms in total. The maximum absolute atomic E-state index is 13.0. The highest BCUT2D eigenvalue weighted by Crippen LogP contribution is 2.23. The molecule has 0 fully saturated rings. The normalized spacial score (nSPS) is 13.9. The van der Waals surface area contributed by atoms with Crippen LogP contribution in [0, 0.1) is 11.6 Å². The molecule has 4 heteroatoms. The molecule has 1 N–H and O–H groups in total. The number of ether oxygens (including phenoxy) is 1. The summed E-state index contributed by atoms with van der Waals surface area (Å²) in [5.41, 5.74) is -0.510. The summed E-state index contributed by atoms with van der Waals surface area (Å²) < 4.78 is 31.1. The summed E-state index contributed by atoms with van der Waals surface area (Å²) in [6.07, 6.45) is 0. The van der Waals surface area contributed by atoms with Crippen molar-refractivity contribution in [2.75, 3.05) is 6.61 Å². The highest BCUT2D eigenvalue weighted by Gasteiger charge is 2.23. The minimum absolute atomic E-state index is 0.0535. The van der Waals surface area contributed by atoms with Gasteiger partial charge in [-0.05, 0) is 24.6 Å². The minimum atomic E-state index is -1.20. The van der Waals surface area contributed by atoms with Gasteiger partial charge in [0.05, 0.1) is 0 Å². The van der Waals surface area contributed by atoms with E-state index in [4.69, 9.17) is 4.74 Å². The number of halogens is 2. The van der Waals surface area contributed by atoms with Crippen molar-refractivity contribution in [3.8, 4) is 5.75 Å². The van der Waals surface area contributed by atoms with Gasteiger partial charge in [0, 0.05) is 6.07 Å². The van der Waals surface area contributed by atoms with Gasteiger partial charge < -0.3 is 9.84 Å². The van der Waals surface area contributed by atoms with Crippen LogP contribution in [0.4, 0.5) is 8.78 Å². The fourth-order valence-electron chi connectivity index (χ4n) is 1.67. The maximum atomic E-state index is 13.0. The van der Waals surface area contributed by atoms with Crippen LogP contribution in [-0.4, -0.2) is 11.7 Å². The molecule has 19 heavy (non-hydrogen) atoms. The zero-order valence-corrected chi connectivity index (χ0v) is 10.4. The van der Waals surface area contributed by atoms with Gasteiger partial charge in [-0.15, -0.1) is 0 Å². The second kappa shape index (κ2) is 5.36. The van der Waals surface area contributed by atoms with Gasteiger partial charge in [0.2, 0.25) is 0 Å². The first-order valence-corrected chi connectivity index (χ1v) is 5.85. The van der Waals surface area contributed by atoms with Gasteiger partial charge in [-0.3, -0.25) is 0 Å². The molecule has 1 unspecified atom stereocenters. The van der Waals surface area contributed by atoms with Crippen molar-refractivity contribution < 1.29 is 18.6 Å². The number of aliphatic hydroxyl groups is 1. The molecule has 2 rings (SSSR count). The molecule has 0 aromatic heterocycles. The third kappa shape index (κ3) is 3.29. The van der Waals surface area contributed by atoms with Crippen molar-refractivity contribution >= 4 is 0 Å². The third-order valence-electron chi connectivity index (χ3n) is 2.81. The first-order chi connectivity index (χ1) is 8.99. The predicted octanol–water partition coefficient (Wildman–Crippen LogP) is 3.25. The number of hydrogen-bond acceptors (Lipinski definition) is 2. The van der Waals surface area contributed by atoms with Crippen LogP contribution in [-0.2, 0) is 5.60 Å². The van der Waals surface area contributed by atoms with Crippen LogP contribution in [0.15, 0.2) is 48.5 Å². The zero-order chi connectivity index (χ0) is 13.9. The summed E-state index contributed by atoms with van der Waals surface area (Å²) in [5, 5.41) is 10.3. The van der Waals surface area contributed by atoms with E-state index in [-0.39, 0.29) is 12.4 Å². The Morgan fingerprint density at radius 1 is 1.05 bits per heavy atom. The molecule has 0 heterocycles. The molecule has 1 atom stereocenters. The fraction of sp³-hybridized carbons (Fsp3) is 0.200. The summed E-state index contributed by atoms with van der Waals surface area (Å²) in [6.45, 7) is 1.55. The second-order valence-electron chi connectivity index (χ2n) is 4.50. The van der Waals surface area contributed by atoms with E-state index in [2.05, 4.69) is 0 Å². The van der Waals surface area contributed by atoms with Crippen molar-refractivity contribution in [3.63, 3.8) is 0 Å². The zero-order valence-electron chi connectivity index (χ0n) is 10.4. The van der Waals surface area contributed by atoms with Crippen LogP contribution in [0.1, 0.15) is 12.5 Å². The Bertz CT molecular complexity index is 553. The van der Waals surface area contributed by atoms with E-state index in [1.54, 1.807) is 31.2 Å². The summed E-state index contributed by atoms with van der Waals surface area (Å²) >= 11 is 0. The smallest absolute Gasteiger partial charge is 0.162 e. The molecule has 0 bridgehead atoms. The molecule has 0 saturated carbocycles. The number of hydrogen-bond donors (Lipinski definition) is 1. The highest BCUT2D eigenvalue weighted by molar-refractivity contribution is 5.25. The summed E-state index contributed by atoms with van der Waals surface area (Å²) in [7, 11) is 0. The lowest BCUT2D eigenvalue weighted by Crippen LogP contribution is -2.29. The minimum Gasteiger partial charge on any atom is -0.490 e. The molecule has 0 aliphatic heterocycles. The molecular formula is C15H14F2O2. The van der Waals surface area contributed by atoms with Gasteiger partial charge in [0.15, 0.2) is 11.6 Å². The Hall–Kier alpha value is -1.94. The molecule has 0 aliphatic carbocycles. The Balaban J connectivity index is 2.07. The molecule has 0 amide bonds. The predicted molar refractivity (Wildman–Crippen MR) is 67.9 cm³/mol. The summed E-state index contributed by atoms with van der Waals surface area (Å²) in [4.78, 5) is 0. The average molecular weight is 264 g/mol. The average Bonchev–Trinajstić information content (AvgIpc) is 2.41. The lowest BCUT2D eigenvalue weighted by molar-refractivity contribution is 0.00747. The van der Waals surface area contributed by atoms with Gasteiger partial charge in [0.1, 0.15) is 18.0 Å². The maximum Gasteiger partial charge on any atom is 0.162 e. The van der Waals surface area contributed by atoms with Gasteiger partial charge in [-0.25, -0.2) is 8.78 Å². The monoisotopic (exact) mass is 264 g/mol. The number of rotatable bonds is 4. The van der Waals surface area contributed by atoms with E-state index in [1.807, 2.05) is 6.07 Å². The van der Waals surface area contributed by atoms with E-state index in [0.717, 1.165) is 12.1 Å². The third-order valence-corrected chi connectivity index (χ3v) is 2.81. The molecule has 2 aromatic rings. The van der Waals surface area contributed by atoms with Crippen LogP contribution < -0.4 is 4.74 Å². The number of benzene rings is 2. The van der Waals surface area contributed by atoms with E-state index < -0.39 is 17.2 Å². The molecule has 0 aliphatic rings. The standard InChI is InChI=1S/C15H14F2O2/c1-15(18,11-5-3-2-4-6-11)10-19-12-7-8-13(16)14(17)9-12/h2-9,18H,10H2,1H3. The summed E-state index contributed by atoms with van der Waals surface area (Å²) in [6, 6.07) is 12.3. The molecule has 0 spiro atoms. The Labute approximate surface area is 110 Å². The lowest BCUT2D eigenvalue weighted by Gasteiger charge is -2.24. The van der Waals surface area contributed by atoms with Crippen LogP contribution in [0.25, 0.3) is 0 Å². The van der Waals surface area contributed by atoms with Crippen molar-refractivity contribution in [2.45, 2.75) is 12.5 Å². The second-order valence-corrected chi connectivity index (χ2v) is 4.50. The Morgan fingerprint density at radius 3 is 2.37 bits per heavy atom. The van der Waals surface area contributed by atoms with Crippen LogP contribution >= 0.6 is 0 Å².